The number of fused-ring (bicyclic) bond motifs is 2. The molecular formula is C16H26N2S. The summed E-state index contributed by atoms with van der Waals surface area (Å²) < 4.78 is 0. The van der Waals surface area contributed by atoms with E-state index in [9.17, 15) is 0 Å². The largest absolute Gasteiger partial charge is 0.311 e. The van der Waals surface area contributed by atoms with Gasteiger partial charge in [0.25, 0.3) is 0 Å². The maximum atomic E-state index is 3.55. The van der Waals surface area contributed by atoms with Crippen molar-refractivity contribution in [2.24, 2.45) is 17.8 Å². The van der Waals surface area contributed by atoms with Crippen LogP contribution in [0.1, 0.15) is 30.6 Å². The fraction of sp³-hybridized carbons (Fsp3) is 0.750. The van der Waals surface area contributed by atoms with E-state index < -0.39 is 0 Å². The molecule has 2 aliphatic carbocycles. The summed E-state index contributed by atoms with van der Waals surface area (Å²) in [6.45, 7) is 4.63. The SMILES string of the molecule is CN(CCNCc1cccs1)CC1CC2CCC1C2. The van der Waals surface area contributed by atoms with E-state index in [1.807, 2.05) is 11.3 Å². The van der Waals surface area contributed by atoms with Crippen LogP contribution in [-0.2, 0) is 6.54 Å². The lowest BCUT2D eigenvalue weighted by atomic mass is 9.88. The minimum Gasteiger partial charge on any atom is -0.311 e. The van der Waals surface area contributed by atoms with E-state index in [0.717, 1.165) is 30.8 Å². The molecule has 0 aromatic carbocycles. The molecule has 0 amide bonds. The van der Waals surface area contributed by atoms with E-state index in [0.29, 0.717) is 0 Å². The third kappa shape index (κ3) is 3.59. The van der Waals surface area contributed by atoms with E-state index in [-0.39, 0.29) is 0 Å². The molecule has 3 rings (SSSR count). The summed E-state index contributed by atoms with van der Waals surface area (Å²) in [6, 6.07) is 4.33. The number of thiophene rings is 1. The van der Waals surface area contributed by atoms with Gasteiger partial charge in [0, 0.05) is 31.1 Å². The van der Waals surface area contributed by atoms with E-state index in [4.69, 9.17) is 0 Å². The fourth-order valence-electron chi connectivity index (χ4n) is 3.99. The molecule has 3 heteroatoms. The molecule has 19 heavy (non-hydrogen) atoms. The Kier molecular flexibility index (Phi) is 4.57. The summed E-state index contributed by atoms with van der Waals surface area (Å²) in [5, 5.41) is 5.70. The van der Waals surface area contributed by atoms with Gasteiger partial charge in [0.1, 0.15) is 0 Å². The molecule has 1 heterocycles. The number of nitrogens with zero attached hydrogens (tertiary/aromatic N) is 1. The monoisotopic (exact) mass is 278 g/mol. The van der Waals surface area contributed by atoms with Crippen LogP contribution in [0.5, 0.6) is 0 Å². The number of nitrogens with one attached hydrogen (secondary N) is 1. The number of hydrogen-bond donors (Lipinski definition) is 1. The van der Waals surface area contributed by atoms with Gasteiger partial charge in [0.15, 0.2) is 0 Å². The Morgan fingerprint density at radius 3 is 3.00 bits per heavy atom. The maximum Gasteiger partial charge on any atom is 0.0300 e. The highest BCUT2D eigenvalue weighted by molar-refractivity contribution is 7.09. The summed E-state index contributed by atoms with van der Waals surface area (Å²) in [5.41, 5.74) is 0. The average molecular weight is 278 g/mol. The topological polar surface area (TPSA) is 15.3 Å². The third-order valence-corrected chi connectivity index (χ3v) is 5.86. The van der Waals surface area contributed by atoms with Gasteiger partial charge >= 0.3 is 0 Å². The molecule has 2 fully saturated rings. The zero-order valence-corrected chi connectivity index (χ0v) is 12.8. The van der Waals surface area contributed by atoms with Gasteiger partial charge < -0.3 is 10.2 Å². The predicted molar refractivity (Wildman–Crippen MR) is 82.5 cm³/mol. The number of rotatable bonds is 7. The molecule has 1 aromatic rings. The molecule has 0 spiro atoms. The van der Waals surface area contributed by atoms with Crippen molar-refractivity contribution >= 4 is 11.3 Å². The second-order valence-electron chi connectivity index (χ2n) is 6.45. The van der Waals surface area contributed by atoms with Crippen LogP contribution in [0.15, 0.2) is 17.5 Å². The minimum atomic E-state index is 1.00. The molecule has 3 atom stereocenters. The van der Waals surface area contributed by atoms with Gasteiger partial charge in [-0.25, -0.2) is 0 Å². The summed E-state index contributed by atoms with van der Waals surface area (Å²) in [7, 11) is 2.29. The Morgan fingerprint density at radius 2 is 2.32 bits per heavy atom. The van der Waals surface area contributed by atoms with Gasteiger partial charge in [-0.3, -0.25) is 0 Å². The first-order chi connectivity index (χ1) is 9.31. The lowest BCUT2D eigenvalue weighted by Crippen LogP contribution is -2.34. The van der Waals surface area contributed by atoms with Gasteiger partial charge in [0.05, 0.1) is 0 Å². The van der Waals surface area contributed by atoms with Gasteiger partial charge in [-0.2, -0.15) is 0 Å². The molecule has 2 bridgehead atoms. The van der Waals surface area contributed by atoms with E-state index in [1.165, 1.54) is 43.6 Å². The Balaban J connectivity index is 1.30. The second kappa shape index (κ2) is 6.38. The first kappa shape index (κ1) is 13.6. The molecule has 106 valence electrons. The molecule has 0 aliphatic heterocycles. The van der Waals surface area contributed by atoms with Crippen LogP contribution in [0.25, 0.3) is 0 Å². The highest BCUT2D eigenvalue weighted by atomic mass is 32.1. The van der Waals surface area contributed by atoms with Gasteiger partial charge in [-0.1, -0.05) is 12.5 Å². The second-order valence-corrected chi connectivity index (χ2v) is 7.49. The van der Waals surface area contributed by atoms with E-state index in [2.05, 4.69) is 34.8 Å². The molecule has 3 unspecified atom stereocenters. The normalized spacial score (nSPS) is 29.5. The first-order valence-corrected chi connectivity index (χ1v) is 8.61. The highest BCUT2D eigenvalue weighted by Crippen LogP contribution is 2.48. The van der Waals surface area contributed by atoms with E-state index in [1.54, 1.807) is 0 Å². The van der Waals surface area contributed by atoms with Crippen molar-refractivity contribution in [3.63, 3.8) is 0 Å². The van der Waals surface area contributed by atoms with Gasteiger partial charge in [-0.15, -0.1) is 11.3 Å². The maximum absolute atomic E-state index is 3.55. The van der Waals surface area contributed by atoms with Crippen molar-refractivity contribution in [1.82, 2.24) is 10.2 Å². The first-order valence-electron chi connectivity index (χ1n) is 7.73. The Labute approximate surface area is 121 Å². The van der Waals surface area contributed by atoms with Crippen LogP contribution in [0.2, 0.25) is 0 Å². The molecule has 1 N–H and O–H groups in total. The van der Waals surface area contributed by atoms with Crippen molar-refractivity contribution in [3.05, 3.63) is 22.4 Å². The third-order valence-electron chi connectivity index (χ3n) is 4.98. The van der Waals surface area contributed by atoms with Crippen LogP contribution >= 0.6 is 11.3 Å². The van der Waals surface area contributed by atoms with Crippen molar-refractivity contribution in [1.29, 1.82) is 0 Å². The minimum absolute atomic E-state index is 1.00. The van der Waals surface area contributed by atoms with Crippen molar-refractivity contribution in [2.45, 2.75) is 32.2 Å². The molecular weight excluding hydrogens is 252 g/mol. The molecule has 0 radical (unpaired) electrons. The summed E-state index contributed by atoms with van der Waals surface area (Å²) in [5.74, 6) is 3.15. The molecule has 2 aliphatic rings. The zero-order chi connectivity index (χ0) is 13.1. The lowest BCUT2D eigenvalue weighted by Gasteiger charge is -2.27. The Morgan fingerprint density at radius 1 is 1.37 bits per heavy atom. The molecule has 1 aromatic heterocycles. The standard InChI is InChI=1S/C16H26N2S/c1-18(7-6-17-11-16-3-2-8-19-16)12-15-10-13-4-5-14(15)9-13/h2-3,8,13-15,17H,4-7,9-12H2,1H3. The fourth-order valence-corrected chi connectivity index (χ4v) is 4.66. The van der Waals surface area contributed by atoms with Crippen LogP contribution in [-0.4, -0.2) is 31.6 Å². The quantitative estimate of drug-likeness (QED) is 0.771. The van der Waals surface area contributed by atoms with Crippen molar-refractivity contribution in [3.8, 4) is 0 Å². The van der Waals surface area contributed by atoms with Gasteiger partial charge in [-0.05, 0) is 55.5 Å². The summed E-state index contributed by atoms with van der Waals surface area (Å²) in [6.07, 6.45) is 6.08. The lowest BCUT2D eigenvalue weighted by molar-refractivity contribution is 0.220. The van der Waals surface area contributed by atoms with E-state index >= 15 is 0 Å². The predicted octanol–water partition coefficient (Wildman–Crippen LogP) is 3.21. The van der Waals surface area contributed by atoms with Crippen LogP contribution in [0.3, 0.4) is 0 Å². The molecule has 2 nitrogen and oxygen atoms in total. The number of hydrogen-bond acceptors (Lipinski definition) is 3. The average Bonchev–Trinajstić information content (AvgIpc) is 3.11. The van der Waals surface area contributed by atoms with Crippen molar-refractivity contribution < 1.29 is 0 Å². The molecule has 0 saturated heterocycles. The van der Waals surface area contributed by atoms with Crippen LogP contribution < -0.4 is 5.32 Å². The highest BCUT2D eigenvalue weighted by Gasteiger charge is 2.39. The molecule has 2 saturated carbocycles. The van der Waals surface area contributed by atoms with Crippen LogP contribution in [0.4, 0.5) is 0 Å². The smallest absolute Gasteiger partial charge is 0.0300 e. The van der Waals surface area contributed by atoms with Crippen molar-refractivity contribution in [2.75, 3.05) is 26.7 Å². The zero-order valence-electron chi connectivity index (χ0n) is 12.0. The Hall–Kier alpha value is -0.380. The van der Waals surface area contributed by atoms with Gasteiger partial charge in [0.2, 0.25) is 0 Å². The summed E-state index contributed by atoms with van der Waals surface area (Å²) in [4.78, 5) is 3.98. The summed E-state index contributed by atoms with van der Waals surface area (Å²) >= 11 is 1.84. The van der Waals surface area contributed by atoms with Crippen LogP contribution in [0, 0.1) is 17.8 Å². The Bertz CT molecular complexity index is 376. The number of likely N-dealkylation sites (N-methyl/N-ethyl adjacent to an activating group) is 1.